The largest absolute Gasteiger partial charge is 0.477 e. The van der Waals surface area contributed by atoms with E-state index in [4.69, 9.17) is 40.9 Å². The van der Waals surface area contributed by atoms with Crippen molar-refractivity contribution in [1.82, 2.24) is 4.90 Å². The van der Waals surface area contributed by atoms with Crippen molar-refractivity contribution in [1.29, 1.82) is 0 Å². The zero-order chi connectivity index (χ0) is 45.7. The molecule has 0 saturated heterocycles. The molecule has 0 bridgehead atoms. The maximum Gasteiger partial charge on any atom is 0.359 e. The lowest BCUT2D eigenvalue weighted by Crippen LogP contribution is -2.86. The highest BCUT2D eigenvalue weighted by Crippen LogP contribution is 2.06. The molecular formula is C39H86N5O16+. The van der Waals surface area contributed by atoms with E-state index in [1.165, 1.54) is 39.5 Å². The zero-order valence-corrected chi connectivity index (χ0v) is 38.9. The Bertz CT molecular complexity index is 1070. The molecule has 0 atom stereocenters. The Morgan fingerprint density at radius 3 is 1.17 bits per heavy atom. The van der Waals surface area contributed by atoms with Crippen molar-refractivity contribution < 1.29 is 97.9 Å². The van der Waals surface area contributed by atoms with Gasteiger partial charge in [0.25, 0.3) is 0 Å². The number of hydrogen-bond donors (Lipinski definition) is 9. The second-order valence-electron chi connectivity index (χ2n) is 14.2. The first-order valence-corrected chi connectivity index (χ1v) is 18.5. The monoisotopic (exact) mass is 881 g/mol. The van der Waals surface area contributed by atoms with Gasteiger partial charge in [0.05, 0.1) is 67.4 Å². The van der Waals surface area contributed by atoms with Gasteiger partial charge in [0.15, 0.2) is 29.7 Å². The third-order valence-corrected chi connectivity index (χ3v) is 7.44. The van der Waals surface area contributed by atoms with Crippen LogP contribution >= 0.6 is 0 Å². The third-order valence-electron chi connectivity index (χ3n) is 7.44. The molecule has 0 spiro atoms. The number of carboxylic acid groups (broad SMARTS) is 1. The van der Waals surface area contributed by atoms with Gasteiger partial charge in [-0.05, 0) is 0 Å². The fourth-order valence-electron chi connectivity index (χ4n) is 5.02. The van der Waals surface area contributed by atoms with Gasteiger partial charge >= 0.3 is 11.9 Å². The first-order chi connectivity index (χ1) is 26.3. The Morgan fingerprint density at radius 1 is 0.517 bits per heavy atom. The zero-order valence-electron chi connectivity index (χ0n) is 38.9. The molecule has 0 saturated carbocycles. The lowest BCUT2D eigenvalue weighted by Gasteiger charge is -2.35. The van der Waals surface area contributed by atoms with E-state index in [2.05, 4.69) is 4.74 Å². The van der Waals surface area contributed by atoms with Gasteiger partial charge in [-0.15, -0.1) is 0 Å². The van der Waals surface area contributed by atoms with Crippen LogP contribution in [-0.2, 0) is 38.3 Å². The molecule has 1 amide bonds. The van der Waals surface area contributed by atoms with Crippen molar-refractivity contribution in [3.8, 4) is 0 Å². The third kappa shape index (κ3) is 54.6. The fraction of sp³-hybridized carbons (Fsp3) is 0.744. The van der Waals surface area contributed by atoms with Crippen molar-refractivity contribution in [3.05, 3.63) is 22.3 Å². The van der Waals surface area contributed by atoms with Gasteiger partial charge in [0.2, 0.25) is 12.6 Å². The lowest BCUT2D eigenvalue weighted by molar-refractivity contribution is -0.914. The number of quaternary nitrogens is 4. The average molecular weight is 881 g/mol. The van der Waals surface area contributed by atoms with E-state index in [1.54, 1.807) is 12.2 Å². The number of ketones is 4. The first-order valence-electron chi connectivity index (χ1n) is 18.5. The van der Waals surface area contributed by atoms with Crippen molar-refractivity contribution >= 4 is 41.0 Å². The van der Waals surface area contributed by atoms with Gasteiger partial charge in [-0.3, -0.25) is 28.8 Å². The Labute approximate surface area is 359 Å². The molecule has 0 aliphatic heterocycles. The molecule has 21 heteroatoms. The summed E-state index contributed by atoms with van der Waals surface area (Å²) in [5.41, 5.74) is 0. The molecule has 0 aliphatic rings. The molecule has 0 rings (SSSR count). The van der Waals surface area contributed by atoms with Crippen LogP contribution in [0.15, 0.2) is 0 Å². The van der Waals surface area contributed by atoms with Crippen LogP contribution in [0.4, 0.5) is 0 Å². The number of carboxylic acids is 1. The van der Waals surface area contributed by atoms with Crippen molar-refractivity contribution in [2.75, 3.05) is 153 Å². The highest BCUT2D eigenvalue weighted by atomic mass is 16.5. The summed E-state index contributed by atoms with van der Waals surface area (Å²) in [4.78, 5) is 75.6. The molecule has 362 valence electrons. The molecule has 0 heterocycles. The smallest absolute Gasteiger partial charge is 0.359 e. The highest BCUT2D eigenvalue weighted by molar-refractivity contribution is 5.78. The van der Waals surface area contributed by atoms with Crippen molar-refractivity contribution in [3.63, 3.8) is 0 Å². The summed E-state index contributed by atoms with van der Waals surface area (Å²) in [6, 6.07) is 0. The number of aliphatic hydroxyl groups is 7. The second kappa shape index (κ2) is 45.2. The quantitative estimate of drug-likeness (QED) is 0.0131. The van der Waals surface area contributed by atoms with E-state index in [9.17, 15) is 33.6 Å². The summed E-state index contributed by atoms with van der Waals surface area (Å²) in [6.07, 6.45) is 0. The number of aliphatic carboxylic acids is 1. The number of nitrogens with zero attached hydrogens (tertiary/aromatic N) is 4. The van der Waals surface area contributed by atoms with Crippen LogP contribution < -0.4 is 5.32 Å². The van der Waals surface area contributed by atoms with E-state index in [1.807, 2.05) is 21.1 Å². The van der Waals surface area contributed by atoms with Gasteiger partial charge < -0.3 is 91.5 Å². The molecule has 60 heavy (non-hydrogen) atoms. The van der Waals surface area contributed by atoms with E-state index < -0.39 is 5.97 Å². The average Bonchev–Trinajstić information content (AvgIpc) is 3.03. The number of carbonyl (C=O) groups is 7. The highest BCUT2D eigenvalue weighted by Gasteiger charge is 2.31. The number of aliphatic hydroxyl groups excluding tert-OH is 7. The molecule has 21 nitrogen and oxygen atoms in total. The first kappa shape index (κ1) is 74.1. The van der Waals surface area contributed by atoms with Gasteiger partial charge in [0.1, 0.15) is 58.9 Å². The minimum Gasteiger partial charge on any atom is -0.477 e. The Morgan fingerprint density at radius 2 is 0.900 bits per heavy atom. The number of nitrogens with two attached hydrogens (primary N) is 1. The van der Waals surface area contributed by atoms with Gasteiger partial charge in [0, 0.05) is 54.6 Å². The minimum absolute atomic E-state index is 0. The SMILES string of the molecule is CC(=O)C[N+](C)(C)CCO.CC(=O)C[N+](C)(CCO)CCO.CC(=O)C[N+](CCO)(CCO)CC(=O)O.CC(=O)C[NH2+]COC(C)=O.CC(=O)N(CCO)CCO.[CH3-].[CH3-].[CH3-]. The number of amides is 1. The second-order valence-corrected chi connectivity index (χ2v) is 14.2. The molecule has 0 aromatic rings. The summed E-state index contributed by atoms with van der Waals surface area (Å²) >= 11 is 0. The molecule has 0 unspecified atom stereocenters. The van der Waals surface area contributed by atoms with Crippen LogP contribution in [-0.4, -0.2) is 253 Å². The molecule has 0 aromatic carbocycles. The van der Waals surface area contributed by atoms with Crippen LogP contribution in [0.1, 0.15) is 41.5 Å². The van der Waals surface area contributed by atoms with Crippen LogP contribution in [0.25, 0.3) is 0 Å². The predicted octanol–water partition coefficient (Wildman–Crippen LogP) is -4.06. The number of carbonyl (C=O) groups excluding carboxylic acids is 6. The van der Waals surface area contributed by atoms with Gasteiger partial charge in [-0.25, -0.2) is 4.79 Å². The van der Waals surface area contributed by atoms with Crippen LogP contribution in [0, 0.1) is 22.3 Å². The molecule has 0 aliphatic carbocycles. The molecular weight excluding hydrogens is 794 g/mol. The topological polar surface area (TPSA) is 310 Å². The normalized spacial score (nSPS) is 10.2. The number of rotatable bonds is 26. The van der Waals surface area contributed by atoms with E-state index in [-0.39, 0.29) is 141 Å². The van der Waals surface area contributed by atoms with Crippen molar-refractivity contribution in [2.45, 2.75) is 41.5 Å². The Balaban J connectivity index is -0.0000000936. The lowest BCUT2D eigenvalue weighted by atomic mass is 10.2. The van der Waals surface area contributed by atoms with Gasteiger partial charge in [-0.2, -0.15) is 0 Å². The van der Waals surface area contributed by atoms with Crippen LogP contribution in [0.5, 0.6) is 0 Å². The fourth-order valence-corrected chi connectivity index (χ4v) is 5.02. The van der Waals surface area contributed by atoms with Crippen LogP contribution in [0.2, 0.25) is 0 Å². The number of likely N-dealkylation sites (N-methyl/N-ethyl adjacent to an activating group) is 2. The summed E-state index contributed by atoms with van der Waals surface area (Å²) in [7, 11) is 5.71. The number of Topliss-reactive ketones (excluding diaryl/α,β-unsaturated/α-hetero) is 4. The number of ether oxygens (including phenoxy) is 1. The summed E-state index contributed by atoms with van der Waals surface area (Å²) in [6.45, 7) is 12.2. The van der Waals surface area contributed by atoms with E-state index in [0.717, 1.165) is 0 Å². The number of hydrogen-bond acceptors (Lipinski definition) is 15. The number of esters is 1. The molecule has 0 fully saturated rings. The summed E-state index contributed by atoms with van der Waals surface area (Å²) in [5.74, 6) is -1.32. The molecule has 0 radical (unpaired) electrons. The standard InChI is InChI=1S/C9H17NO5.C8H18NO3.C7H16NO2.C6H11NO3.C6H13NO3.3CH3/c1-8(13)6-10(2-4-11,3-5-12)7-9(14)15;1-8(12)7-9(2,3-5-10)4-6-11;1-7(10)6-8(2,3)4-5-9;1-5(8)3-7-4-10-6(2)9;1-6(10)7(2-4-8)3-5-9;;;/h11-12H,2-7H2,1H3;10-11H,3-7H2,1-2H3;9H,4-6H2,1-3H3;7H,3-4H2,1-2H3;8-9H,2-5H2,1H3;3*1H3/q;2*+1;;;3*-1/p+2. The summed E-state index contributed by atoms with van der Waals surface area (Å²) < 4.78 is 5.44. The Hall–Kier alpha value is -3.35. The van der Waals surface area contributed by atoms with Gasteiger partial charge in [-0.1, -0.05) is 0 Å². The maximum absolute atomic E-state index is 11.0. The maximum atomic E-state index is 11.0. The Kier molecular flexibility index (Phi) is 55.8. The van der Waals surface area contributed by atoms with Crippen LogP contribution in [0.3, 0.4) is 0 Å². The summed E-state index contributed by atoms with van der Waals surface area (Å²) in [5, 5.41) is 71.0. The van der Waals surface area contributed by atoms with E-state index >= 15 is 0 Å². The van der Waals surface area contributed by atoms with Crippen molar-refractivity contribution in [2.24, 2.45) is 0 Å². The minimum atomic E-state index is -1.04. The molecule has 10 N–H and O–H groups in total. The predicted molar refractivity (Wildman–Crippen MR) is 227 cm³/mol. The van der Waals surface area contributed by atoms with E-state index in [0.29, 0.717) is 61.3 Å². The molecule has 0 aromatic heterocycles.